The van der Waals surface area contributed by atoms with Crippen molar-refractivity contribution < 1.29 is 4.39 Å². The first-order valence-corrected chi connectivity index (χ1v) is 4.12. The Morgan fingerprint density at radius 3 is 2.42 bits per heavy atom. The van der Waals surface area contributed by atoms with Gasteiger partial charge in [-0.25, -0.2) is 4.39 Å². The van der Waals surface area contributed by atoms with Crippen LogP contribution >= 0.6 is 0 Å². The molecule has 1 aromatic rings. The van der Waals surface area contributed by atoms with Gasteiger partial charge >= 0.3 is 0 Å². The second-order valence-electron chi connectivity index (χ2n) is 3.02. The molecule has 0 spiro atoms. The molecule has 0 aromatic heterocycles. The molecule has 12 heavy (non-hydrogen) atoms. The van der Waals surface area contributed by atoms with Gasteiger partial charge in [0.25, 0.3) is 0 Å². The lowest BCUT2D eigenvalue weighted by molar-refractivity contribution is 0.340. The molecule has 0 aliphatic rings. The number of hydrogen-bond acceptors (Lipinski definition) is 1. The third-order valence-electron chi connectivity index (χ3n) is 1.83. The van der Waals surface area contributed by atoms with E-state index in [9.17, 15) is 4.39 Å². The molecule has 2 N–H and O–H groups in total. The summed E-state index contributed by atoms with van der Waals surface area (Å²) in [4.78, 5) is 0. The Hall–Kier alpha value is -0.890. The number of rotatable bonds is 3. The summed E-state index contributed by atoms with van der Waals surface area (Å²) < 4.78 is 12.8. The second-order valence-corrected chi connectivity index (χ2v) is 3.02. The molecule has 1 nitrogen and oxygen atoms in total. The van der Waals surface area contributed by atoms with Crippen LogP contribution in [0.5, 0.6) is 0 Å². The van der Waals surface area contributed by atoms with Gasteiger partial charge in [0, 0.05) is 13.0 Å². The minimum absolute atomic E-state index is 0.105. The molecule has 1 atom stereocenters. The summed E-state index contributed by atoms with van der Waals surface area (Å²) in [6.45, 7) is 2.12. The van der Waals surface area contributed by atoms with Crippen molar-refractivity contribution in [3.8, 4) is 0 Å². The van der Waals surface area contributed by atoms with Gasteiger partial charge in [0.1, 0.15) is 6.17 Å². The third-order valence-corrected chi connectivity index (χ3v) is 1.83. The summed E-state index contributed by atoms with van der Waals surface area (Å²) in [7, 11) is 0. The van der Waals surface area contributed by atoms with Crippen molar-refractivity contribution in [2.75, 3.05) is 6.54 Å². The quantitative estimate of drug-likeness (QED) is 0.730. The van der Waals surface area contributed by atoms with Crippen LogP contribution in [0.2, 0.25) is 0 Å². The molecule has 0 amide bonds. The summed E-state index contributed by atoms with van der Waals surface area (Å²) in [5.41, 5.74) is 7.38. The van der Waals surface area contributed by atoms with Gasteiger partial charge in [0.05, 0.1) is 0 Å². The Labute approximate surface area is 72.4 Å². The van der Waals surface area contributed by atoms with Gasteiger partial charge in [-0.1, -0.05) is 29.8 Å². The monoisotopic (exact) mass is 167 g/mol. The Morgan fingerprint density at radius 2 is 1.92 bits per heavy atom. The maximum atomic E-state index is 12.8. The highest BCUT2D eigenvalue weighted by Crippen LogP contribution is 2.07. The van der Waals surface area contributed by atoms with E-state index in [4.69, 9.17) is 5.73 Å². The average molecular weight is 167 g/mol. The van der Waals surface area contributed by atoms with Crippen molar-refractivity contribution in [1.82, 2.24) is 0 Å². The molecule has 0 radical (unpaired) electrons. The molecule has 66 valence electrons. The first-order chi connectivity index (χ1) is 5.72. The second kappa shape index (κ2) is 4.21. The van der Waals surface area contributed by atoms with Crippen molar-refractivity contribution in [2.45, 2.75) is 19.5 Å². The molecule has 0 bridgehead atoms. The Bertz CT molecular complexity index is 230. The third kappa shape index (κ3) is 2.62. The normalized spacial score (nSPS) is 12.9. The van der Waals surface area contributed by atoms with E-state index >= 15 is 0 Å². The van der Waals surface area contributed by atoms with E-state index in [1.807, 2.05) is 31.2 Å². The van der Waals surface area contributed by atoms with E-state index in [0.717, 1.165) is 5.56 Å². The zero-order valence-electron chi connectivity index (χ0n) is 7.26. The van der Waals surface area contributed by atoms with Crippen LogP contribution in [-0.4, -0.2) is 12.7 Å². The smallest absolute Gasteiger partial charge is 0.116 e. The van der Waals surface area contributed by atoms with Crippen molar-refractivity contribution in [1.29, 1.82) is 0 Å². The van der Waals surface area contributed by atoms with Crippen LogP contribution in [0.3, 0.4) is 0 Å². The minimum Gasteiger partial charge on any atom is -0.328 e. The van der Waals surface area contributed by atoms with Gasteiger partial charge in [-0.3, -0.25) is 0 Å². The van der Waals surface area contributed by atoms with Crippen LogP contribution in [0.1, 0.15) is 11.1 Å². The lowest BCUT2D eigenvalue weighted by atomic mass is 10.1. The van der Waals surface area contributed by atoms with Gasteiger partial charge in [-0.05, 0) is 12.5 Å². The molecule has 1 rings (SSSR count). The largest absolute Gasteiger partial charge is 0.328 e. The molecular formula is C10H14FN. The van der Waals surface area contributed by atoms with E-state index < -0.39 is 6.17 Å². The zero-order valence-corrected chi connectivity index (χ0v) is 7.26. The molecular weight excluding hydrogens is 153 g/mol. The first kappa shape index (κ1) is 9.20. The van der Waals surface area contributed by atoms with E-state index in [2.05, 4.69) is 0 Å². The maximum absolute atomic E-state index is 12.8. The van der Waals surface area contributed by atoms with Crippen molar-refractivity contribution in [2.24, 2.45) is 5.73 Å². The fourth-order valence-electron chi connectivity index (χ4n) is 1.06. The average Bonchev–Trinajstić information content (AvgIpc) is 2.09. The fraction of sp³-hybridized carbons (Fsp3) is 0.400. The standard InChI is InChI=1S/C10H14FN/c1-8-2-4-9(5-3-8)6-10(11)7-12/h2-5,10H,6-7,12H2,1H3/t10-/m0/s1. The highest BCUT2D eigenvalue weighted by molar-refractivity contribution is 5.21. The van der Waals surface area contributed by atoms with Crippen molar-refractivity contribution >= 4 is 0 Å². The Morgan fingerprint density at radius 1 is 1.33 bits per heavy atom. The summed E-state index contributed by atoms with van der Waals surface area (Å²) in [6.07, 6.45) is -0.482. The molecule has 0 fully saturated rings. The van der Waals surface area contributed by atoms with Gasteiger partial charge in [0.2, 0.25) is 0 Å². The molecule has 2 heteroatoms. The number of aryl methyl sites for hydroxylation is 1. The summed E-state index contributed by atoms with van der Waals surface area (Å²) in [5.74, 6) is 0. The van der Waals surface area contributed by atoms with Crippen LogP contribution in [0.4, 0.5) is 4.39 Å². The Balaban J connectivity index is 2.58. The molecule has 0 unspecified atom stereocenters. The Kier molecular flexibility index (Phi) is 3.23. The highest BCUT2D eigenvalue weighted by Gasteiger charge is 2.03. The first-order valence-electron chi connectivity index (χ1n) is 4.12. The zero-order chi connectivity index (χ0) is 8.97. The van der Waals surface area contributed by atoms with E-state index in [-0.39, 0.29) is 6.54 Å². The summed E-state index contributed by atoms with van der Waals surface area (Å²) in [5, 5.41) is 0. The summed E-state index contributed by atoms with van der Waals surface area (Å²) in [6, 6.07) is 7.85. The van der Waals surface area contributed by atoms with Crippen LogP contribution in [0.15, 0.2) is 24.3 Å². The van der Waals surface area contributed by atoms with E-state index in [1.54, 1.807) is 0 Å². The summed E-state index contributed by atoms with van der Waals surface area (Å²) >= 11 is 0. The molecule has 0 aliphatic heterocycles. The number of hydrogen-bond donors (Lipinski definition) is 1. The number of halogens is 1. The number of nitrogens with two attached hydrogens (primary N) is 1. The fourth-order valence-corrected chi connectivity index (χ4v) is 1.06. The van der Waals surface area contributed by atoms with Gasteiger partial charge < -0.3 is 5.73 Å². The van der Waals surface area contributed by atoms with Crippen molar-refractivity contribution in [3.05, 3.63) is 35.4 Å². The van der Waals surface area contributed by atoms with Crippen LogP contribution in [0.25, 0.3) is 0 Å². The predicted octanol–water partition coefficient (Wildman–Crippen LogP) is 1.83. The lowest BCUT2D eigenvalue weighted by Crippen LogP contribution is -2.17. The maximum Gasteiger partial charge on any atom is 0.116 e. The van der Waals surface area contributed by atoms with Crippen molar-refractivity contribution in [3.63, 3.8) is 0 Å². The highest BCUT2D eigenvalue weighted by atomic mass is 19.1. The minimum atomic E-state index is -0.910. The van der Waals surface area contributed by atoms with E-state index in [1.165, 1.54) is 5.56 Å². The predicted molar refractivity (Wildman–Crippen MR) is 48.8 cm³/mol. The van der Waals surface area contributed by atoms with E-state index in [0.29, 0.717) is 6.42 Å². The lowest BCUT2D eigenvalue weighted by Gasteiger charge is -2.04. The molecule has 0 heterocycles. The number of benzene rings is 1. The molecule has 0 saturated carbocycles. The molecule has 0 saturated heterocycles. The molecule has 1 aromatic carbocycles. The van der Waals surface area contributed by atoms with Crippen LogP contribution in [0, 0.1) is 6.92 Å². The topological polar surface area (TPSA) is 26.0 Å². The molecule has 0 aliphatic carbocycles. The number of alkyl halides is 1. The van der Waals surface area contributed by atoms with Gasteiger partial charge in [-0.2, -0.15) is 0 Å². The van der Waals surface area contributed by atoms with Gasteiger partial charge in [0.15, 0.2) is 0 Å². The SMILES string of the molecule is Cc1ccc(C[C@H](F)CN)cc1. The van der Waals surface area contributed by atoms with Crippen LogP contribution < -0.4 is 5.73 Å². The van der Waals surface area contributed by atoms with Crippen LogP contribution in [-0.2, 0) is 6.42 Å². The van der Waals surface area contributed by atoms with Gasteiger partial charge in [-0.15, -0.1) is 0 Å².